The summed E-state index contributed by atoms with van der Waals surface area (Å²) in [6, 6.07) is 18.3. The maximum absolute atomic E-state index is 11.8. The minimum absolute atomic E-state index is 0.0457. The fourth-order valence-corrected chi connectivity index (χ4v) is 2.34. The number of hydrogen-bond acceptors (Lipinski definition) is 2. The van der Waals surface area contributed by atoms with Crippen molar-refractivity contribution in [3.05, 3.63) is 71.8 Å². The molecule has 0 atom stereocenters. The van der Waals surface area contributed by atoms with E-state index >= 15 is 0 Å². The van der Waals surface area contributed by atoms with Gasteiger partial charge in [-0.25, -0.2) is 0 Å². The van der Waals surface area contributed by atoms with Crippen LogP contribution < -0.4 is 10.2 Å². The molecule has 2 aromatic rings. The molecule has 0 aliphatic rings. The third kappa shape index (κ3) is 5.62. The van der Waals surface area contributed by atoms with Gasteiger partial charge in [-0.2, -0.15) is 0 Å². The van der Waals surface area contributed by atoms with Crippen molar-refractivity contribution in [3.63, 3.8) is 0 Å². The number of hydrogen-bond donors (Lipinski definition) is 1. The zero-order valence-corrected chi connectivity index (χ0v) is 13.8. The van der Waals surface area contributed by atoms with Crippen molar-refractivity contribution in [3.8, 4) is 0 Å². The highest BCUT2D eigenvalue weighted by Gasteiger charge is 2.00. The average Bonchev–Trinajstić information content (AvgIpc) is 2.58. The number of rotatable bonds is 7. The Bertz CT molecular complexity index is 650. The number of aryl methyl sites for hydroxylation is 1. The molecule has 1 amide bonds. The topological polar surface area (TPSA) is 32.3 Å². The van der Waals surface area contributed by atoms with E-state index in [1.54, 1.807) is 6.08 Å². The summed E-state index contributed by atoms with van der Waals surface area (Å²) in [4.78, 5) is 14.0. The van der Waals surface area contributed by atoms with Gasteiger partial charge < -0.3 is 10.2 Å². The van der Waals surface area contributed by atoms with Crippen LogP contribution in [0.4, 0.5) is 5.69 Å². The first-order valence-corrected chi connectivity index (χ1v) is 7.94. The lowest BCUT2D eigenvalue weighted by Gasteiger charge is -2.19. The van der Waals surface area contributed by atoms with Gasteiger partial charge in [0.05, 0.1) is 0 Å². The van der Waals surface area contributed by atoms with Crippen LogP contribution >= 0.6 is 0 Å². The summed E-state index contributed by atoms with van der Waals surface area (Å²) in [7, 11) is 2.06. The van der Waals surface area contributed by atoms with Crippen LogP contribution in [0, 0.1) is 6.92 Å². The fourth-order valence-electron chi connectivity index (χ4n) is 2.34. The number of para-hydroxylation sites is 1. The number of benzene rings is 2. The summed E-state index contributed by atoms with van der Waals surface area (Å²) in [5.41, 5.74) is 3.44. The first-order chi connectivity index (χ1) is 11.2. The van der Waals surface area contributed by atoms with Crippen molar-refractivity contribution in [1.29, 1.82) is 0 Å². The molecule has 3 heteroatoms. The second-order valence-electron chi connectivity index (χ2n) is 5.59. The Balaban J connectivity index is 1.70. The summed E-state index contributed by atoms with van der Waals surface area (Å²) >= 11 is 0. The molecule has 23 heavy (non-hydrogen) atoms. The van der Waals surface area contributed by atoms with Crippen molar-refractivity contribution in [2.24, 2.45) is 0 Å². The Morgan fingerprint density at radius 2 is 1.78 bits per heavy atom. The minimum atomic E-state index is -0.0457. The molecule has 0 bridgehead atoms. The van der Waals surface area contributed by atoms with Crippen LogP contribution in [-0.2, 0) is 4.79 Å². The predicted octanol–water partition coefficient (Wildman–Crippen LogP) is 3.65. The highest BCUT2D eigenvalue weighted by molar-refractivity contribution is 5.91. The highest BCUT2D eigenvalue weighted by atomic mass is 16.1. The molecular weight excluding hydrogens is 284 g/mol. The van der Waals surface area contributed by atoms with Crippen LogP contribution in [0.15, 0.2) is 60.7 Å². The van der Waals surface area contributed by atoms with Gasteiger partial charge >= 0.3 is 0 Å². The van der Waals surface area contributed by atoms with Gasteiger partial charge in [-0.05, 0) is 42.7 Å². The molecule has 0 spiro atoms. The molecule has 0 saturated heterocycles. The molecule has 0 unspecified atom stereocenters. The van der Waals surface area contributed by atoms with Crippen LogP contribution in [0.3, 0.4) is 0 Å². The molecule has 120 valence electrons. The predicted molar refractivity (Wildman–Crippen MR) is 97.6 cm³/mol. The van der Waals surface area contributed by atoms with Crippen molar-refractivity contribution in [2.75, 3.05) is 25.0 Å². The van der Waals surface area contributed by atoms with Crippen LogP contribution in [0.2, 0.25) is 0 Å². The van der Waals surface area contributed by atoms with E-state index in [9.17, 15) is 4.79 Å². The van der Waals surface area contributed by atoms with Crippen LogP contribution in [0.25, 0.3) is 6.08 Å². The Kier molecular flexibility index (Phi) is 6.42. The Labute approximate surface area is 138 Å². The quantitative estimate of drug-likeness (QED) is 0.625. The summed E-state index contributed by atoms with van der Waals surface area (Å²) in [5.74, 6) is -0.0457. The van der Waals surface area contributed by atoms with E-state index in [1.165, 1.54) is 11.3 Å². The largest absolute Gasteiger partial charge is 0.375 e. The van der Waals surface area contributed by atoms with E-state index in [0.29, 0.717) is 6.54 Å². The lowest BCUT2D eigenvalue weighted by molar-refractivity contribution is -0.116. The van der Waals surface area contributed by atoms with Gasteiger partial charge in [0, 0.05) is 31.9 Å². The molecule has 0 saturated carbocycles. The molecule has 3 nitrogen and oxygen atoms in total. The molecule has 0 aliphatic carbocycles. The SMILES string of the molecule is Cc1ccccc1/C=C/C(=O)NCCCN(C)c1ccccc1. The van der Waals surface area contributed by atoms with Gasteiger partial charge in [0.25, 0.3) is 0 Å². The number of carbonyl (C=O) groups is 1. The van der Waals surface area contributed by atoms with Gasteiger partial charge in [-0.3, -0.25) is 4.79 Å². The van der Waals surface area contributed by atoms with E-state index < -0.39 is 0 Å². The summed E-state index contributed by atoms with van der Waals surface area (Å²) in [5, 5.41) is 2.93. The lowest BCUT2D eigenvalue weighted by atomic mass is 10.1. The number of carbonyl (C=O) groups excluding carboxylic acids is 1. The number of nitrogens with zero attached hydrogens (tertiary/aromatic N) is 1. The smallest absolute Gasteiger partial charge is 0.244 e. The van der Waals surface area contributed by atoms with Crippen molar-refractivity contribution in [2.45, 2.75) is 13.3 Å². The molecule has 2 rings (SSSR count). The van der Waals surface area contributed by atoms with Gasteiger partial charge in [0.2, 0.25) is 5.91 Å². The standard InChI is InChI=1S/C20H24N2O/c1-17-9-6-7-10-18(17)13-14-20(23)21-15-8-16-22(2)19-11-4-3-5-12-19/h3-7,9-14H,8,15-16H2,1-2H3,(H,21,23)/b14-13+. The zero-order valence-electron chi connectivity index (χ0n) is 13.8. The third-order valence-electron chi connectivity index (χ3n) is 3.77. The lowest BCUT2D eigenvalue weighted by Crippen LogP contribution is -2.26. The molecule has 1 N–H and O–H groups in total. The average molecular weight is 308 g/mol. The zero-order chi connectivity index (χ0) is 16.5. The second-order valence-corrected chi connectivity index (χ2v) is 5.59. The van der Waals surface area contributed by atoms with Gasteiger partial charge in [-0.1, -0.05) is 42.5 Å². The van der Waals surface area contributed by atoms with Crippen molar-refractivity contribution < 1.29 is 4.79 Å². The summed E-state index contributed by atoms with van der Waals surface area (Å²) < 4.78 is 0. The molecule has 0 fully saturated rings. The number of amides is 1. The second kappa shape index (κ2) is 8.79. The van der Waals surface area contributed by atoms with Gasteiger partial charge in [0.15, 0.2) is 0 Å². The third-order valence-corrected chi connectivity index (χ3v) is 3.77. The van der Waals surface area contributed by atoms with Crippen LogP contribution in [0.5, 0.6) is 0 Å². The van der Waals surface area contributed by atoms with E-state index in [2.05, 4.69) is 29.4 Å². The van der Waals surface area contributed by atoms with Crippen LogP contribution in [-0.4, -0.2) is 26.0 Å². The van der Waals surface area contributed by atoms with Crippen LogP contribution in [0.1, 0.15) is 17.5 Å². The molecular formula is C20H24N2O. The Morgan fingerprint density at radius 1 is 1.09 bits per heavy atom. The molecule has 0 heterocycles. The maximum atomic E-state index is 11.8. The van der Waals surface area contributed by atoms with E-state index in [4.69, 9.17) is 0 Å². The summed E-state index contributed by atoms with van der Waals surface area (Å²) in [6.07, 6.45) is 4.37. The maximum Gasteiger partial charge on any atom is 0.244 e. The number of nitrogens with one attached hydrogen (secondary N) is 1. The normalized spacial score (nSPS) is 10.7. The first-order valence-electron chi connectivity index (χ1n) is 7.94. The van der Waals surface area contributed by atoms with E-state index in [0.717, 1.165) is 18.5 Å². The fraction of sp³-hybridized carbons (Fsp3) is 0.250. The van der Waals surface area contributed by atoms with E-state index in [-0.39, 0.29) is 5.91 Å². The molecule has 2 aromatic carbocycles. The highest BCUT2D eigenvalue weighted by Crippen LogP contribution is 2.11. The Morgan fingerprint density at radius 3 is 2.52 bits per heavy atom. The molecule has 0 radical (unpaired) electrons. The van der Waals surface area contributed by atoms with Gasteiger partial charge in [-0.15, -0.1) is 0 Å². The minimum Gasteiger partial charge on any atom is -0.375 e. The molecule has 0 aliphatic heterocycles. The van der Waals surface area contributed by atoms with Crippen molar-refractivity contribution >= 4 is 17.7 Å². The molecule has 0 aromatic heterocycles. The van der Waals surface area contributed by atoms with Crippen molar-refractivity contribution in [1.82, 2.24) is 5.32 Å². The summed E-state index contributed by atoms with van der Waals surface area (Å²) in [6.45, 7) is 3.62. The van der Waals surface area contributed by atoms with Gasteiger partial charge in [0.1, 0.15) is 0 Å². The monoisotopic (exact) mass is 308 g/mol. The van der Waals surface area contributed by atoms with E-state index in [1.807, 2.05) is 55.5 Å². The number of anilines is 1. The Hall–Kier alpha value is -2.55. The first kappa shape index (κ1) is 16.8.